The van der Waals surface area contributed by atoms with Crippen molar-refractivity contribution in [1.82, 2.24) is 19.5 Å². The molecule has 2 unspecified atom stereocenters. The summed E-state index contributed by atoms with van der Waals surface area (Å²) in [5.41, 5.74) is 3.45. The van der Waals surface area contributed by atoms with E-state index in [-0.39, 0.29) is 0 Å². The lowest BCUT2D eigenvalue weighted by Gasteiger charge is -2.14. The predicted octanol–water partition coefficient (Wildman–Crippen LogP) is 6.43. The third-order valence-corrected chi connectivity index (χ3v) is 7.54. The van der Waals surface area contributed by atoms with Crippen LogP contribution < -0.4 is 5.32 Å². The Bertz CT molecular complexity index is 1260. The van der Waals surface area contributed by atoms with E-state index in [9.17, 15) is 0 Å². The lowest BCUT2D eigenvalue weighted by Crippen LogP contribution is -2.06. The zero-order valence-corrected chi connectivity index (χ0v) is 18.9. The van der Waals surface area contributed by atoms with E-state index in [1.54, 1.807) is 6.33 Å². The van der Waals surface area contributed by atoms with Crippen LogP contribution in [0.15, 0.2) is 48.9 Å². The number of fused-ring (bicyclic) bond motifs is 2. The zero-order valence-electron chi connectivity index (χ0n) is 18.2. The van der Waals surface area contributed by atoms with Crippen molar-refractivity contribution >= 4 is 39.4 Å². The fraction of sp³-hybridized carbons (Fsp3) is 0.423. The van der Waals surface area contributed by atoms with Crippen molar-refractivity contribution in [3.8, 4) is 0 Å². The second kappa shape index (κ2) is 8.36. The largest absolute Gasteiger partial charge is 0.370 e. The predicted molar refractivity (Wildman–Crippen MR) is 130 cm³/mol. The summed E-state index contributed by atoms with van der Waals surface area (Å²) >= 11 is 6.24. The van der Waals surface area contributed by atoms with Crippen LogP contribution in [0.2, 0.25) is 5.15 Å². The molecule has 0 amide bonds. The van der Waals surface area contributed by atoms with Gasteiger partial charge in [0.1, 0.15) is 22.9 Å². The standard InChI is InChI=1S/C26H28ClN5/c27-25-22-11-12-32(26(22)30-16-29-25)21-9-6-17(13-21)1-2-18-5-7-20-8-10-24(31-23(20)14-18)28-15-19-3-4-19/h5,7-8,10-12,14,16-17,19,21H,1-4,6,9,13,15H2,(H,28,31). The number of halogens is 1. The van der Waals surface area contributed by atoms with E-state index < -0.39 is 0 Å². The summed E-state index contributed by atoms with van der Waals surface area (Å²) in [5.74, 6) is 2.59. The van der Waals surface area contributed by atoms with Crippen LogP contribution in [-0.4, -0.2) is 26.1 Å². The number of benzene rings is 1. The van der Waals surface area contributed by atoms with Crippen LogP contribution in [0.1, 0.15) is 50.1 Å². The third-order valence-electron chi connectivity index (χ3n) is 7.23. The Kier molecular flexibility index (Phi) is 5.22. The number of aromatic nitrogens is 4. The number of hydrogen-bond donors (Lipinski definition) is 1. The Morgan fingerprint density at radius 3 is 2.78 bits per heavy atom. The van der Waals surface area contributed by atoms with E-state index in [4.69, 9.17) is 16.6 Å². The van der Waals surface area contributed by atoms with Gasteiger partial charge in [0, 0.05) is 24.2 Å². The Balaban J connectivity index is 1.10. The van der Waals surface area contributed by atoms with Crippen molar-refractivity contribution < 1.29 is 0 Å². The fourth-order valence-electron chi connectivity index (χ4n) is 5.16. The molecule has 2 atom stereocenters. The summed E-state index contributed by atoms with van der Waals surface area (Å²) in [4.78, 5) is 13.4. The Labute approximate surface area is 193 Å². The molecule has 164 valence electrons. The van der Waals surface area contributed by atoms with Gasteiger partial charge in [0.2, 0.25) is 0 Å². The smallest absolute Gasteiger partial charge is 0.145 e. The highest BCUT2D eigenvalue weighted by molar-refractivity contribution is 6.33. The first-order valence-electron chi connectivity index (χ1n) is 11.8. The van der Waals surface area contributed by atoms with E-state index in [1.165, 1.54) is 49.5 Å². The summed E-state index contributed by atoms with van der Waals surface area (Å²) in [5, 5.41) is 6.21. The minimum absolute atomic E-state index is 0.502. The highest BCUT2D eigenvalue weighted by atomic mass is 35.5. The van der Waals surface area contributed by atoms with Gasteiger partial charge in [-0.3, -0.25) is 0 Å². The van der Waals surface area contributed by atoms with Gasteiger partial charge in [0.25, 0.3) is 0 Å². The summed E-state index contributed by atoms with van der Waals surface area (Å²) in [6.45, 7) is 1.05. The van der Waals surface area contributed by atoms with Gasteiger partial charge >= 0.3 is 0 Å². The summed E-state index contributed by atoms with van der Waals surface area (Å²) in [7, 11) is 0. The fourth-order valence-corrected chi connectivity index (χ4v) is 5.35. The van der Waals surface area contributed by atoms with Crippen LogP contribution in [-0.2, 0) is 6.42 Å². The monoisotopic (exact) mass is 445 g/mol. The molecule has 2 aliphatic carbocycles. The van der Waals surface area contributed by atoms with Crippen LogP contribution in [0.5, 0.6) is 0 Å². The van der Waals surface area contributed by atoms with Gasteiger partial charge in [-0.2, -0.15) is 0 Å². The number of pyridine rings is 1. The van der Waals surface area contributed by atoms with Gasteiger partial charge in [0.15, 0.2) is 0 Å². The summed E-state index contributed by atoms with van der Waals surface area (Å²) in [6.07, 6.45) is 12.4. The minimum Gasteiger partial charge on any atom is -0.370 e. The summed E-state index contributed by atoms with van der Waals surface area (Å²) < 4.78 is 2.30. The third kappa shape index (κ3) is 4.06. The highest BCUT2D eigenvalue weighted by Gasteiger charge is 2.27. The molecule has 2 fully saturated rings. The van der Waals surface area contributed by atoms with E-state index in [2.05, 4.69) is 56.4 Å². The van der Waals surface area contributed by atoms with Crippen molar-refractivity contribution in [2.24, 2.45) is 11.8 Å². The van der Waals surface area contributed by atoms with Gasteiger partial charge in [-0.15, -0.1) is 0 Å². The zero-order chi connectivity index (χ0) is 21.5. The van der Waals surface area contributed by atoms with Gasteiger partial charge in [-0.05, 0) is 86.6 Å². The van der Waals surface area contributed by atoms with Crippen LogP contribution in [0, 0.1) is 11.8 Å². The molecule has 32 heavy (non-hydrogen) atoms. The molecule has 2 saturated carbocycles. The van der Waals surface area contributed by atoms with Crippen LogP contribution in [0.3, 0.4) is 0 Å². The van der Waals surface area contributed by atoms with Crippen LogP contribution in [0.4, 0.5) is 5.82 Å². The maximum absolute atomic E-state index is 6.24. The molecule has 3 heterocycles. The van der Waals surface area contributed by atoms with Gasteiger partial charge in [-0.25, -0.2) is 15.0 Å². The van der Waals surface area contributed by atoms with Gasteiger partial charge in [-0.1, -0.05) is 23.7 Å². The number of aryl methyl sites for hydroxylation is 1. The number of hydrogen-bond acceptors (Lipinski definition) is 4. The SMILES string of the molecule is Clc1ncnc2c1ccn2C1CCC(CCc2ccc3ccc(NCC4CC4)nc3c2)C1. The van der Waals surface area contributed by atoms with Crippen molar-refractivity contribution in [1.29, 1.82) is 0 Å². The van der Waals surface area contributed by atoms with Crippen molar-refractivity contribution in [3.05, 3.63) is 59.6 Å². The van der Waals surface area contributed by atoms with E-state index >= 15 is 0 Å². The van der Waals surface area contributed by atoms with Gasteiger partial charge in [0.05, 0.1) is 10.9 Å². The summed E-state index contributed by atoms with van der Waals surface area (Å²) in [6, 6.07) is 13.6. The molecule has 0 aliphatic heterocycles. The van der Waals surface area contributed by atoms with Crippen molar-refractivity contribution in [2.45, 2.75) is 51.0 Å². The molecule has 0 saturated heterocycles. The maximum Gasteiger partial charge on any atom is 0.145 e. The van der Waals surface area contributed by atoms with Crippen molar-refractivity contribution in [3.63, 3.8) is 0 Å². The lowest BCUT2D eigenvalue weighted by molar-refractivity contribution is 0.461. The first-order valence-corrected chi connectivity index (χ1v) is 12.2. The number of rotatable bonds is 7. The number of nitrogens with one attached hydrogen (secondary N) is 1. The lowest BCUT2D eigenvalue weighted by atomic mass is 9.97. The molecule has 1 N–H and O–H groups in total. The molecule has 2 aliphatic rings. The minimum atomic E-state index is 0.502. The maximum atomic E-state index is 6.24. The molecule has 3 aromatic heterocycles. The average molecular weight is 446 g/mol. The normalized spacial score (nSPS) is 20.9. The number of anilines is 1. The first-order chi connectivity index (χ1) is 15.7. The topological polar surface area (TPSA) is 55.6 Å². The molecule has 4 aromatic rings. The highest BCUT2D eigenvalue weighted by Crippen LogP contribution is 2.39. The second-order valence-corrected chi connectivity index (χ2v) is 9.90. The number of nitrogens with zero attached hydrogens (tertiary/aromatic N) is 4. The second-order valence-electron chi connectivity index (χ2n) is 9.54. The molecule has 0 bridgehead atoms. The molecule has 0 radical (unpaired) electrons. The first kappa shape index (κ1) is 20.0. The molecule has 6 rings (SSSR count). The molecular weight excluding hydrogens is 418 g/mol. The van der Waals surface area contributed by atoms with Crippen molar-refractivity contribution in [2.75, 3.05) is 11.9 Å². The van der Waals surface area contributed by atoms with Gasteiger partial charge < -0.3 is 9.88 Å². The van der Waals surface area contributed by atoms with E-state index in [0.29, 0.717) is 11.2 Å². The molecular formula is C26H28ClN5. The van der Waals surface area contributed by atoms with Crippen LogP contribution >= 0.6 is 11.6 Å². The molecule has 0 spiro atoms. The molecule has 6 heteroatoms. The Morgan fingerprint density at radius 2 is 1.88 bits per heavy atom. The quantitative estimate of drug-likeness (QED) is 0.333. The molecule has 1 aromatic carbocycles. The Hall–Kier alpha value is -2.66. The Morgan fingerprint density at radius 1 is 1.00 bits per heavy atom. The molecule has 5 nitrogen and oxygen atoms in total. The van der Waals surface area contributed by atoms with E-state index in [1.807, 2.05) is 6.07 Å². The average Bonchev–Trinajstić information content (AvgIpc) is 3.34. The van der Waals surface area contributed by atoms with E-state index in [0.717, 1.165) is 47.2 Å². The van der Waals surface area contributed by atoms with Crippen LogP contribution in [0.25, 0.3) is 21.9 Å².